The Morgan fingerprint density at radius 2 is 2.44 bits per heavy atom. The third-order valence-corrected chi connectivity index (χ3v) is 3.48. The standard InChI is InChI=1S/C11H19N3O2/c1-8-6-12-5-4-11(8,15)10-9(16-3)7-13-14(10)2/h7-8,12,15H,4-6H2,1-3H3. The number of nitrogens with one attached hydrogen (secondary N) is 1. The summed E-state index contributed by atoms with van der Waals surface area (Å²) in [6.07, 6.45) is 2.34. The van der Waals surface area contributed by atoms with Gasteiger partial charge in [0.25, 0.3) is 0 Å². The molecule has 0 aromatic carbocycles. The second-order valence-corrected chi connectivity index (χ2v) is 4.46. The molecule has 0 radical (unpaired) electrons. The molecule has 1 aromatic heterocycles. The summed E-state index contributed by atoms with van der Waals surface area (Å²) in [5, 5.41) is 18.2. The van der Waals surface area contributed by atoms with Gasteiger partial charge in [-0.2, -0.15) is 5.10 Å². The fourth-order valence-corrected chi connectivity index (χ4v) is 2.42. The molecule has 90 valence electrons. The summed E-state index contributed by atoms with van der Waals surface area (Å²) >= 11 is 0. The summed E-state index contributed by atoms with van der Waals surface area (Å²) < 4.78 is 6.98. The first kappa shape index (κ1) is 11.4. The van der Waals surface area contributed by atoms with Crippen molar-refractivity contribution in [3.63, 3.8) is 0 Å². The van der Waals surface area contributed by atoms with Crippen LogP contribution in [0.15, 0.2) is 6.20 Å². The second kappa shape index (κ2) is 4.07. The van der Waals surface area contributed by atoms with Crippen LogP contribution in [0, 0.1) is 5.92 Å². The van der Waals surface area contributed by atoms with Crippen molar-refractivity contribution in [3.05, 3.63) is 11.9 Å². The van der Waals surface area contributed by atoms with Crippen LogP contribution in [-0.2, 0) is 12.6 Å². The van der Waals surface area contributed by atoms with Crippen LogP contribution in [-0.4, -0.2) is 35.1 Å². The number of nitrogens with zero attached hydrogens (tertiary/aromatic N) is 2. The highest BCUT2D eigenvalue weighted by Gasteiger charge is 2.42. The van der Waals surface area contributed by atoms with Gasteiger partial charge in [0.15, 0.2) is 5.75 Å². The Morgan fingerprint density at radius 3 is 3.06 bits per heavy atom. The van der Waals surface area contributed by atoms with E-state index in [0.717, 1.165) is 18.8 Å². The van der Waals surface area contributed by atoms with Gasteiger partial charge in [-0.05, 0) is 13.0 Å². The molecule has 2 atom stereocenters. The Bertz CT molecular complexity index is 377. The van der Waals surface area contributed by atoms with Gasteiger partial charge in [-0.1, -0.05) is 6.92 Å². The maximum absolute atomic E-state index is 10.8. The minimum atomic E-state index is -0.845. The summed E-state index contributed by atoms with van der Waals surface area (Å²) in [4.78, 5) is 0. The van der Waals surface area contributed by atoms with Crippen LogP contribution in [0.4, 0.5) is 0 Å². The van der Waals surface area contributed by atoms with Crippen LogP contribution in [0.2, 0.25) is 0 Å². The number of rotatable bonds is 2. The highest BCUT2D eigenvalue weighted by molar-refractivity contribution is 5.31. The first-order valence-electron chi connectivity index (χ1n) is 5.59. The highest BCUT2D eigenvalue weighted by atomic mass is 16.5. The topological polar surface area (TPSA) is 59.3 Å². The molecule has 0 saturated carbocycles. The molecule has 2 unspecified atom stereocenters. The van der Waals surface area contributed by atoms with Crippen molar-refractivity contribution in [1.29, 1.82) is 0 Å². The average molecular weight is 225 g/mol. The Balaban J connectivity index is 2.44. The lowest BCUT2D eigenvalue weighted by atomic mass is 9.80. The monoisotopic (exact) mass is 225 g/mol. The third-order valence-electron chi connectivity index (χ3n) is 3.48. The van der Waals surface area contributed by atoms with Gasteiger partial charge in [0, 0.05) is 19.5 Å². The smallest absolute Gasteiger partial charge is 0.162 e. The fourth-order valence-electron chi connectivity index (χ4n) is 2.42. The van der Waals surface area contributed by atoms with Crippen LogP contribution < -0.4 is 10.1 Å². The Kier molecular flexibility index (Phi) is 2.90. The van der Waals surface area contributed by atoms with Gasteiger partial charge in [-0.25, -0.2) is 0 Å². The molecule has 2 N–H and O–H groups in total. The van der Waals surface area contributed by atoms with Gasteiger partial charge in [-0.15, -0.1) is 0 Å². The molecule has 1 aliphatic heterocycles. The van der Waals surface area contributed by atoms with Gasteiger partial charge in [0.05, 0.1) is 13.3 Å². The Morgan fingerprint density at radius 1 is 1.69 bits per heavy atom. The number of hydrogen-bond donors (Lipinski definition) is 2. The Hall–Kier alpha value is -1.07. The molecular formula is C11H19N3O2. The van der Waals surface area contributed by atoms with Gasteiger partial charge in [0.2, 0.25) is 0 Å². The van der Waals surface area contributed by atoms with E-state index < -0.39 is 5.60 Å². The fraction of sp³-hybridized carbons (Fsp3) is 0.727. The van der Waals surface area contributed by atoms with Crippen LogP contribution in [0.1, 0.15) is 19.0 Å². The van der Waals surface area contributed by atoms with Crippen LogP contribution in [0.5, 0.6) is 5.75 Å². The van der Waals surface area contributed by atoms with E-state index in [4.69, 9.17) is 4.74 Å². The first-order valence-corrected chi connectivity index (χ1v) is 5.59. The zero-order valence-electron chi connectivity index (χ0n) is 10.0. The molecule has 1 aliphatic rings. The van der Waals surface area contributed by atoms with E-state index in [9.17, 15) is 5.11 Å². The van der Waals surface area contributed by atoms with E-state index >= 15 is 0 Å². The number of piperidine rings is 1. The summed E-state index contributed by atoms with van der Waals surface area (Å²) in [5.74, 6) is 0.810. The van der Waals surface area contributed by atoms with E-state index in [-0.39, 0.29) is 5.92 Å². The quantitative estimate of drug-likeness (QED) is 0.757. The molecule has 5 heteroatoms. The van der Waals surface area contributed by atoms with Crippen LogP contribution in [0.3, 0.4) is 0 Å². The second-order valence-electron chi connectivity index (χ2n) is 4.46. The molecule has 5 nitrogen and oxygen atoms in total. The van der Waals surface area contributed by atoms with Crippen molar-refractivity contribution in [3.8, 4) is 5.75 Å². The van der Waals surface area contributed by atoms with Crippen LogP contribution >= 0.6 is 0 Å². The van der Waals surface area contributed by atoms with Crippen molar-refractivity contribution < 1.29 is 9.84 Å². The lowest BCUT2D eigenvalue weighted by Crippen LogP contribution is -2.47. The van der Waals surface area contributed by atoms with Crippen molar-refractivity contribution in [1.82, 2.24) is 15.1 Å². The van der Waals surface area contributed by atoms with Crippen molar-refractivity contribution in [2.24, 2.45) is 13.0 Å². The third kappa shape index (κ3) is 1.60. The van der Waals surface area contributed by atoms with E-state index in [1.54, 1.807) is 18.0 Å². The molecule has 1 fully saturated rings. The van der Waals surface area contributed by atoms with E-state index in [1.165, 1.54) is 0 Å². The normalized spacial score (nSPS) is 30.4. The van der Waals surface area contributed by atoms with Gasteiger partial charge in [-0.3, -0.25) is 4.68 Å². The largest absolute Gasteiger partial charge is 0.493 e. The van der Waals surface area contributed by atoms with E-state index in [0.29, 0.717) is 12.2 Å². The summed E-state index contributed by atoms with van der Waals surface area (Å²) in [7, 11) is 3.44. The molecule has 2 rings (SSSR count). The van der Waals surface area contributed by atoms with Gasteiger partial charge >= 0.3 is 0 Å². The maximum Gasteiger partial charge on any atom is 0.162 e. The predicted octanol–water partition coefficient (Wildman–Crippen LogP) is 0.246. The predicted molar refractivity (Wildman–Crippen MR) is 60.3 cm³/mol. The number of methoxy groups -OCH3 is 1. The number of aryl methyl sites for hydroxylation is 1. The number of aliphatic hydroxyl groups is 1. The zero-order valence-corrected chi connectivity index (χ0v) is 10.0. The van der Waals surface area contributed by atoms with Crippen LogP contribution in [0.25, 0.3) is 0 Å². The minimum absolute atomic E-state index is 0.144. The molecule has 0 spiro atoms. The van der Waals surface area contributed by atoms with Crippen molar-refractivity contribution >= 4 is 0 Å². The van der Waals surface area contributed by atoms with Gasteiger partial charge in [0.1, 0.15) is 11.3 Å². The highest BCUT2D eigenvalue weighted by Crippen LogP contribution is 2.39. The number of aromatic nitrogens is 2. The van der Waals surface area contributed by atoms with Gasteiger partial charge < -0.3 is 15.2 Å². The summed E-state index contributed by atoms with van der Waals surface area (Å²) in [6.45, 7) is 3.67. The summed E-state index contributed by atoms with van der Waals surface area (Å²) in [6, 6.07) is 0. The first-order chi connectivity index (χ1) is 7.59. The molecule has 1 aromatic rings. The Labute approximate surface area is 95.4 Å². The maximum atomic E-state index is 10.8. The van der Waals surface area contributed by atoms with E-state index in [2.05, 4.69) is 10.4 Å². The zero-order chi connectivity index (χ0) is 11.8. The lowest BCUT2D eigenvalue weighted by molar-refractivity contribution is -0.0474. The van der Waals surface area contributed by atoms with Crippen molar-refractivity contribution in [2.45, 2.75) is 18.9 Å². The van der Waals surface area contributed by atoms with Crippen molar-refractivity contribution in [2.75, 3.05) is 20.2 Å². The summed E-state index contributed by atoms with van der Waals surface area (Å²) in [5.41, 5.74) is -0.0639. The molecule has 0 amide bonds. The lowest BCUT2D eigenvalue weighted by Gasteiger charge is -2.38. The molecular weight excluding hydrogens is 206 g/mol. The average Bonchev–Trinajstić information content (AvgIpc) is 2.64. The molecule has 1 saturated heterocycles. The number of hydrogen-bond acceptors (Lipinski definition) is 4. The molecule has 2 heterocycles. The number of ether oxygens (including phenoxy) is 1. The molecule has 0 bridgehead atoms. The minimum Gasteiger partial charge on any atom is -0.493 e. The van der Waals surface area contributed by atoms with E-state index in [1.807, 2.05) is 14.0 Å². The molecule has 16 heavy (non-hydrogen) atoms. The molecule has 0 aliphatic carbocycles. The SMILES string of the molecule is COc1cnn(C)c1C1(O)CCNCC1C.